The molecule has 3 nitrogen and oxygen atoms in total. The molecule has 15 heavy (non-hydrogen) atoms. The third-order valence-corrected chi connectivity index (χ3v) is 4.61. The molecule has 0 radical (unpaired) electrons. The Morgan fingerprint density at radius 2 is 1.93 bits per heavy atom. The Labute approximate surface area is 90.1 Å². The topological polar surface area (TPSA) is 31.0 Å². The van der Waals surface area contributed by atoms with Crippen LogP contribution in [-0.4, -0.2) is 36.1 Å². The summed E-state index contributed by atoms with van der Waals surface area (Å²) in [4.78, 5) is 0. The predicted molar refractivity (Wildman–Crippen MR) is 53.7 cm³/mol. The van der Waals surface area contributed by atoms with Crippen LogP contribution in [-0.2, 0) is 14.2 Å². The van der Waals surface area contributed by atoms with Gasteiger partial charge in [0, 0.05) is 12.8 Å². The van der Waals surface area contributed by atoms with Crippen LogP contribution in [0.3, 0.4) is 0 Å². The Morgan fingerprint density at radius 1 is 1.13 bits per heavy atom. The standard InChI is InChI=1S/C12H18O3/c1-2-7-3-4-10-12(15-7)5-8(13-10)11-9(6-12)14-11/h7-11H,2-6H2,1H3/t7-,8+,9?,10-,11-,12+/m0/s1. The van der Waals surface area contributed by atoms with Crippen molar-refractivity contribution in [2.45, 2.75) is 75.1 Å². The molecule has 1 spiro atoms. The zero-order valence-corrected chi connectivity index (χ0v) is 9.15. The van der Waals surface area contributed by atoms with Crippen LogP contribution in [0, 0.1) is 0 Å². The lowest BCUT2D eigenvalue weighted by Crippen LogP contribution is -2.50. The molecule has 2 bridgehead atoms. The maximum Gasteiger partial charge on any atom is 0.110 e. The van der Waals surface area contributed by atoms with Crippen molar-refractivity contribution in [2.24, 2.45) is 0 Å². The number of hydrogen-bond donors (Lipinski definition) is 0. The average Bonchev–Trinajstić information content (AvgIpc) is 2.92. The summed E-state index contributed by atoms with van der Waals surface area (Å²) >= 11 is 0. The number of rotatable bonds is 1. The molecule has 0 N–H and O–H groups in total. The normalized spacial score (nSPS) is 61.0. The first-order valence-electron chi connectivity index (χ1n) is 6.29. The van der Waals surface area contributed by atoms with Gasteiger partial charge in [0.25, 0.3) is 0 Å². The van der Waals surface area contributed by atoms with Crippen molar-refractivity contribution < 1.29 is 14.2 Å². The minimum absolute atomic E-state index is 0.0290. The van der Waals surface area contributed by atoms with E-state index in [1.807, 2.05) is 0 Å². The molecule has 4 fully saturated rings. The molecule has 0 aromatic heterocycles. The summed E-state index contributed by atoms with van der Waals surface area (Å²) in [6.45, 7) is 2.22. The molecule has 3 heterocycles. The van der Waals surface area contributed by atoms with Crippen LogP contribution >= 0.6 is 0 Å². The Kier molecular flexibility index (Phi) is 1.65. The molecule has 6 atom stereocenters. The highest BCUT2D eigenvalue weighted by Gasteiger charge is 2.66. The van der Waals surface area contributed by atoms with E-state index in [1.54, 1.807) is 0 Å². The van der Waals surface area contributed by atoms with E-state index in [0.29, 0.717) is 30.5 Å². The van der Waals surface area contributed by atoms with E-state index in [-0.39, 0.29) is 5.60 Å². The first-order chi connectivity index (χ1) is 7.31. The molecule has 3 aliphatic heterocycles. The molecule has 4 rings (SSSR count). The van der Waals surface area contributed by atoms with Crippen molar-refractivity contribution in [1.29, 1.82) is 0 Å². The van der Waals surface area contributed by atoms with E-state index in [0.717, 1.165) is 19.3 Å². The number of hydrogen-bond acceptors (Lipinski definition) is 3. The Balaban J connectivity index is 1.63. The zero-order chi connectivity index (χ0) is 10.0. The van der Waals surface area contributed by atoms with Gasteiger partial charge in [-0.05, 0) is 19.3 Å². The lowest BCUT2D eigenvalue weighted by Gasteiger charge is -2.42. The number of epoxide rings is 1. The van der Waals surface area contributed by atoms with Gasteiger partial charge in [-0.3, -0.25) is 0 Å². The molecule has 0 aromatic rings. The lowest BCUT2D eigenvalue weighted by molar-refractivity contribution is -0.169. The van der Waals surface area contributed by atoms with Gasteiger partial charge in [0.15, 0.2) is 0 Å². The van der Waals surface area contributed by atoms with E-state index in [1.165, 1.54) is 12.8 Å². The number of fused-ring (bicyclic) bond motifs is 3. The second-order valence-electron chi connectivity index (χ2n) is 5.50. The molecule has 0 amide bonds. The Morgan fingerprint density at radius 3 is 2.73 bits per heavy atom. The van der Waals surface area contributed by atoms with Gasteiger partial charge >= 0.3 is 0 Å². The van der Waals surface area contributed by atoms with E-state index in [9.17, 15) is 0 Å². The molecular weight excluding hydrogens is 192 g/mol. The van der Waals surface area contributed by atoms with Crippen molar-refractivity contribution in [1.82, 2.24) is 0 Å². The maximum absolute atomic E-state index is 6.31. The van der Waals surface area contributed by atoms with Gasteiger partial charge in [-0.15, -0.1) is 0 Å². The van der Waals surface area contributed by atoms with E-state index < -0.39 is 0 Å². The third kappa shape index (κ3) is 1.12. The van der Waals surface area contributed by atoms with Crippen molar-refractivity contribution >= 4 is 0 Å². The molecule has 3 heteroatoms. The van der Waals surface area contributed by atoms with Crippen molar-refractivity contribution in [3.8, 4) is 0 Å². The Bertz CT molecular complexity index is 289. The summed E-state index contributed by atoms with van der Waals surface area (Å²) < 4.78 is 18.0. The summed E-state index contributed by atoms with van der Waals surface area (Å²) in [7, 11) is 0. The Hall–Kier alpha value is -0.120. The van der Waals surface area contributed by atoms with E-state index in [2.05, 4.69) is 6.92 Å². The van der Waals surface area contributed by atoms with Crippen LogP contribution in [0.4, 0.5) is 0 Å². The highest BCUT2D eigenvalue weighted by Crippen LogP contribution is 2.55. The van der Waals surface area contributed by atoms with Gasteiger partial charge in [-0.1, -0.05) is 6.92 Å². The zero-order valence-electron chi connectivity index (χ0n) is 9.15. The van der Waals surface area contributed by atoms with Crippen LogP contribution in [0.1, 0.15) is 39.0 Å². The van der Waals surface area contributed by atoms with Crippen LogP contribution in [0.5, 0.6) is 0 Å². The molecule has 3 saturated heterocycles. The molecule has 0 aromatic carbocycles. The second kappa shape index (κ2) is 2.76. The minimum atomic E-state index is 0.0290. The van der Waals surface area contributed by atoms with Crippen LogP contribution in [0.25, 0.3) is 0 Å². The monoisotopic (exact) mass is 210 g/mol. The van der Waals surface area contributed by atoms with Crippen LogP contribution < -0.4 is 0 Å². The molecule has 84 valence electrons. The van der Waals surface area contributed by atoms with E-state index in [4.69, 9.17) is 14.2 Å². The van der Waals surface area contributed by atoms with Gasteiger partial charge in [0.1, 0.15) is 6.10 Å². The van der Waals surface area contributed by atoms with Gasteiger partial charge in [-0.25, -0.2) is 0 Å². The fraction of sp³-hybridized carbons (Fsp3) is 1.00. The highest BCUT2D eigenvalue weighted by atomic mass is 16.6. The summed E-state index contributed by atoms with van der Waals surface area (Å²) in [5.74, 6) is 0. The quantitative estimate of drug-likeness (QED) is 0.616. The number of ether oxygens (including phenoxy) is 3. The van der Waals surface area contributed by atoms with Crippen molar-refractivity contribution in [3.63, 3.8) is 0 Å². The molecule has 1 unspecified atom stereocenters. The fourth-order valence-corrected chi connectivity index (χ4v) is 3.77. The van der Waals surface area contributed by atoms with Gasteiger partial charge < -0.3 is 14.2 Å². The summed E-state index contributed by atoms with van der Waals surface area (Å²) in [6, 6.07) is 0. The predicted octanol–water partition coefficient (Wildman–Crippen LogP) is 1.64. The largest absolute Gasteiger partial charge is 0.369 e. The van der Waals surface area contributed by atoms with Crippen molar-refractivity contribution in [2.75, 3.05) is 0 Å². The second-order valence-corrected chi connectivity index (χ2v) is 5.50. The van der Waals surface area contributed by atoms with Gasteiger partial charge in [-0.2, -0.15) is 0 Å². The summed E-state index contributed by atoms with van der Waals surface area (Å²) in [5, 5.41) is 0. The van der Waals surface area contributed by atoms with Crippen molar-refractivity contribution in [3.05, 3.63) is 0 Å². The SMILES string of the molecule is CC[C@H]1CC[C@@H]2O[C@@H]3C[C@]2(CC2O[C@H]23)O1. The van der Waals surface area contributed by atoms with Gasteiger partial charge in [0.2, 0.25) is 0 Å². The summed E-state index contributed by atoms with van der Waals surface area (Å²) in [5.41, 5.74) is 0.0290. The third-order valence-electron chi connectivity index (χ3n) is 4.61. The van der Waals surface area contributed by atoms with Gasteiger partial charge in [0.05, 0.1) is 30.0 Å². The smallest absolute Gasteiger partial charge is 0.110 e. The first kappa shape index (κ1) is 8.97. The van der Waals surface area contributed by atoms with E-state index >= 15 is 0 Å². The first-order valence-corrected chi connectivity index (χ1v) is 6.29. The maximum atomic E-state index is 6.31. The highest BCUT2D eigenvalue weighted by molar-refractivity contribution is 5.14. The lowest BCUT2D eigenvalue weighted by atomic mass is 9.78. The molecule has 1 saturated carbocycles. The van der Waals surface area contributed by atoms with Crippen LogP contribution in [0.2, 0.25) is 0 Å². The molecular formula is C12H18O3. The molecule has 4 aliphatic rings. The average molecular weight is 210 g/mol. The minimum Gasteiger partial charge on any atom is -0.369 e. The fourth-order valence-electron chi connectivity index (χ4n) is 3.77. The molecule has 1 aliphatic carbocycles. The summed E-state index contributed by atoms with van der Waals surface area (Å²) in [6.07, 6.45) is 7.66. The van der Waals surface area contributed by atoms with Crippen LogP contribution in [0.15, 0.2) is 0 Å².